The fourth-order valence-electron chi connectivity index (χ4n) is 3.27. The molecule has 2 aromatic carbocycles. The van der Waals surface area contributed by atoms with Crippen LogP contribution in [0, 0.1) is 19.8 Å². The summed E-state index contributed by atoms with van der Waals surface area (Å²) in [5.41, 5.74) is 3.63. The zero-order valence-electron chi connectivity index (χ0n) is 16.0. The number of carbonyl (C=O) groups excluding carboxylic acids is 2. The van der Waals surface area contributed by atoms with E-state index in [4.69, 9.17) is 9.47 Å². The first kappa shape index (κ1) is 18.8. The van der Waals surface area contributed by atoms with Crippen LogP contribution >= 0.6 is 0 Å². The zero-order chi connectivity index (χ0) is 19.6. The van der Waals surface area contributed by atoms with Gasteiger partial charge in [-0.1, -0.05) is 12.1 Å². The van der Waals surface area contributed by atoms with Crippen LogP contribution in [0.1, 0.15) is 17.5 Å². The molecule has 1 aliphatic heterocycles. The van der Waals surface area contributed by atoms with Crippen molar-refractivity contribution in [3.63, 3.8) is 0 Å². The molecule has 3 rings (SSSR count). The Hall–Kier alpha value is -3.02. The molecule has 0 saturated carbocycles. The van der Waals surface area contributed by atoms with E-state index < -0.39 is 5.92 Å². The predicted octanol–water partition coefficient (Wildman–Crippen LogP) is 3.31. The molecule has 0 aliphatic carbocycles. The van der Waals surface area contributed by atoms with E-state index in [1.807, 2.05) is 32.0 Å². The molecule has 1 saturated heterocycles. The second-order valence-corrected chi connectivity index (χ2v) is 6.72. The van der Waals surface area contributed by atoms with Crippen LogP contribution in [0.4, 0.5) is 11.4 Å². The van der Waals surface area contributed by atoms with Crippen LogP contribution in [0.25, 0.3) is 0 Å². The van der Waals surface area contributed by atoms with Crippen LogP contribution in [0.3, 0.4) is 0 Å². The highest BCUT2D eigenvalue weighted by Crippen LogP contribution is 2.31. The highest BCUT2D eigenvalue weighted by atomic mass is 16.5. The quantitative estimate of drug-likeness (QED) is 0.879. The molecule has 6 nitrogen and oxygen atoms in total. The topological polar surface area (TPSA) is 67.9 Å². The van der Waals surface area contributed by atoms with Crippen molar-refractivity contribution in [2.45, 2.75) is 20.3 Å². The summed E-state index contributed by atoms with van der Waals surface area (Å²) in [5, 5.41) is 2.87. The van der Waals surface area contributed by atoms with Gasteiger partial charge in [0.15, 0.2) is 0 Å². The third kappa shape index (κ3) is 3.89. The summed E-state index contributed by atoms with van der Waals surface area (Å²) >= 11 is 0. The molecule has 0 spiro atoms. The lowest BCUT2D eigenvalue weighted by molar-refractivity contribution is -0.122. The van der Waals surface area contributed by atoms with Crippen LogP contribution in [-0.2, 0) is 9.59 Å². The van der Waals surface area contributed by atoms with Gasteiger partial charge in [0.25, 0.3) is 0 Å². The number of benzene rings is 2. The second-order valence-electron chi connectivity index (χ2n) is 6.72. The summed E-state index contributed by atoms with van der Waals surface area (Å²) in [7, 11) is 3.11. The molecule has 1 unspecified atom stereocenters. The van der Waals surface area contributed by atoms with Crippen LogP contribution in [0.5, 0.6) is 11.5 Å². The van der Waals surface area contributed by atoms with Gasteiger partial charge >= 0.3 is 0 Å². The minimum atomic E-state index is -0.408. The fourth-order valence-corrected chi connectivity index (χ4v) is 3.27. The lowest BCUT2D eigenvalue weighted by atomic mass is 10.1. The summed E-state index contributed by atoms with van der Waals surface area (Å²) in [6.45, 7) is 4.38. The number of hydrogen-bond donors (Lipinski definition) is 1. The number of aryl methyl sites for hydroxylation is 1. The number of carbonyl (C=O) groups is 2. The van der Waals surface area contributed by atoms with Gasteiger partial charge in [0.05, 0.1) is 20.1 Å². The first-order chi connectivity index (χ1) is 12.9. The van der Waals surface area contributed by atoms with E-state index in [1.54, 1.807) is 37.3 Å². The van der Waals surface area contributed by atoms with Gasteiger partial charge in [0.2, 0.25) is 11.8 Å². The normalized spacial score (nSPS) is 16.4. The minimum absolute atomic E-state index is 0.0351. The molecule has 0 aromatic heterocycles. The predicted molar refractivity (Wildman–Crippen MR) is 105 cm³/mol. The molecule has 1 heterocycles. The molecule has 1 N–H and O–H groups in total. The highest BCUT2D eigenvalue weighted by Gasteiger charge is 2.35. The van der Waals surface area contributed by atoms with E-state index in [0.29, 0.717) is 23.7 Å². The van der Waals surface area contributed by atoms with Crippen molar-refractivity contribution in [1.29, 1.82) is 0 Å². The molecule has 6 heteroatoms. The first-order valence-corrected chi connectivity index (χ1v) is 8.83. The van der Waals surface area contributed by atoms with Crippen molar-refractivity contribution < 1.29 is 19.1 Å². The molecule has 1 atom stereocenters. The fraction of sp³-hybridized carbons (Fsp3) is 0.333. The van der Waals surface area contributed by atoms with Crippen molar-refractivity contribution in [1.82, 2.24) is 0 Å². The molecule has 142 valence electrons. The zero-order valence-corrected chi connectivity index (χ0v) is 16.0. The molecule has 2 aromatic rings. The number of nitrogens with one attached hydrogen (secondary N) is 1. The van der Waals surface area contributed by atoms with Gasteiger partial charge in [0.1, 0.15) is 11.5 Å². The highest BCUT2D eigenvalue weighted by molar-refractivity contribution is 6.04. The Bertz CT molecular complexity index is 856. The molecule has 1 aliphatic rings. The van der Waals surface area contributed by atoms with Crippen LogP contribution < -0.4 is 19.7 Å². The third-order valence-electron chi connectivity index (χ3n) is 4.98. The lowest BCUT2D eigenvalue weighted by Gasteiger charge is -2.20. The van der Waals surface area contributed by atoms with E-state index in [1.165, 1.54) is 0 Å². The molecular formula is C21H24N2O4. The Morgan fingerprint density at radius 2 is 1.78 bits per heavy atom. The maximum absolute atomic E-state index is 12.7. The lowest BCUT2D eigenvalue weighted by Crippen LogP contribution is -2.28. The Labute approximate surface area is 159 Å². The minimum Gasteiger partial charge on any atom is -0.497 e. The van der Waals surface area contributed by atoms with Gasteiger partial charge in [-0.2, -0.15) is 0 Å². The summed E-state index contributed by atoms with van der Waals surface area (Å²) in [5.74, 6) is 0.543. The number of anilines is 2. The van der Waals surface area contributed by atoms with Gasteiger partial charge in [-0.3, -0.25) is 9.59 Å². The number of amides is 2. The Balaban J connectivity index is 1.75. The molecule has 2 amide bonds. The number of nitrogens with zero attached hydrogens (tertiary/aromatic N) is 1. The van der Waals surface area contributed by atoms with E-state index >= 15 is 0 Å². The average molecular weight is 368 g/mol. The van der Waals surface area contributed by atoms with Gasteiger partial charge in [-0.25, -0.2) is 0 Å². The third-order valence-corrected chi connectivity index (χ3v) is 4.98. The van der Waals surface area contributed by atoms with Gasteiger partial charge in [-0.15, -0.1) is 0 Å². The first-order valence-electron chi connectivity index (χ1n) is 8.83. The number of hydrogen-bond acceptors (Lipinski definition) is 4. The standard InChI is InChI=1S/C21H24N2O4/c1-13-6-5-7-19(14(13)2)23-12-15(8-20(23)24)21(25)22-16-9-17(26-3)11-18(10-16)27-4/h5-7,9-11,15H,8,12H2,1-4H3,(H,22,25). The van der Waals surface area contributed by atoms with Crippen molar-refractivity contribution in [3.05, 3.63) is 47.5 Å². The summed E-state index contributed by atoms with van der Waals surface area (Å²) < 4.78 is 10.5. The van der Waals surface area contributed by atoms with Gasteiger partial charge in [-0.05, 0) is 31.0 Å². The van der Waals surface area contributed by atoms with Crippen LogP contribution in [-0.4, -0.2) is 32.6 Å². The summed E-state index contributed by atoms with van der Waals surface area (Å²) in [6, 6.07) is 11.0. The van der Waals surface area contributed by atoms with Gasteiger partial charge in [0, 0.05) is 42.5 Å². The van der Waals surface area contributed by atoms with Gasteiger partial charge < -0.3 is 19.7 Å². The SMILES string of the molecule is COc1cc(NC(=O)C2CC(=O)N(c3cccc(C)c3C)C2)cc(OC)c1. The second kappa shape index (κ2) is 7.70. The summed E-state index contributed by atoms with van der Waals surface area (Å²) in [6.07, 6.45) is 0.195. The van der Waals surface area contributed by atoms with Crippen molar-refractivity contribution >= 4 is 23.2 Å². The number of ether oxygens (including phenoxy) is 2. The van der Waals surface area contributed by atoms with E-state index in [0.717, 1.165) is 16.8 Å². The van der Waals surface area contributed by atoms with E-state index in [-0.39, 0.29) is 18.2 Å². The van der Waals surface area contributed by atoms with Crippen molar-refractivity contribution in [2.24, 2.45) is 5.92 Å². The number of methoxy groups -OCH3 is 2. The summed E-state index contributed by atoms with van der Waals surface area (Å²) in [4.78, 5) is 26.9. The monoisotopic (exact) mass is 368 g/mol. The molecule has 0 radical (unpaired) electrons. The average Bonchev–Trinajstić information content (AvgIpc) is 3.05. The molecule has 0 bridgehead atoms. The molecular weight excluding hydrogens is 344 g/mol. The van der Waals surface area contributed by atoms with E-state index in [2.05, 4.69) is 5.32 Å². The number of rotatable bonds is 5. The Morgan fingerprint density at radius 1 is 1.11 bits per heavy atom. The molecule has 27 heavy (non-hydrogen) atoms. The molecule has 1 fully saturated rings. The van der Waals surface area contributed by atoms with E-state index in [9.17, 15) is 9.59 Å². The Morgan fingerprint density at radius 3 is 2.41 bits per heavy atom. The van der Waals surface area contributed by atoms with Crippen molar-refractivity contribution in [2.75, 3.05) is 31.0 Å². The van der Waals surface area contributed by atoms with Crippen LogP contribution in [0.2, 0.25) is 0 Å². The largest absolute Gasteiger partial charge is 0.497 e. The van der Waals surface area contributed by atoms with Crippen molar-refractivity contribution in [3.8, 4) is 11.5 Å². The Kier molecular flexibility index (Phi) is 5.35. The smallest absolute Gasteiger partial charge is 0.229 e. The van der Waals surface area contributed by atoms with Crippen LogP contribution in [0.15, 0.2) is 36.4 Å². The maximum atomic E-state index is 12.7. The maximum Gasteiger partial charge on any atom is 0.229 e.